The number of aromatic amines is 1. The molecule has 2 aromatic heterocycles. The number of H-pyrrole nitrogens is 1. The summed E-state index contributed by atoms with van der Waals surface area (Å²) in [5.74, 6) is 0.612. The molecule has 2 heterocycles. The lowest BCUT2D eigenvalue weighted by molar-refractivity contribution is 0.0888. The number of carbonyl (C=O) groups is 1. The molecule has 3 rings (SSSR count). The van der Waals surface area contributed by atoms with Gasteiger partial charge in [0.1, 0.15) is 6.10 Å². The van der Waals surface area contributed by atoms with Crippen molar-refractivity contribution in [2.45, 2.75) is 58.7 Å². The van der Waals surface area contributed by atoms with Gasteiger partial charge in [0.05, 0.1) is 18.4 Å². The zero-order valence-corrected chi connectivity index (χ0v) is 13.8. The molecule has 0 unspecified atom stereocenters. The van der Waals surface area contributed by atoms with Crippen molar-refractivity contribution in [3.63, 3.8) is 0 Å². The SMILES string of the molecule is CCn1cc(O[C@@H]2CCC[C@@H]2NC(=O)c2n[nH]c(C)c2C)cn1. The van der Waals surface area contributed by atoms with Gasteiger partial charge in [-0.1, -0.05) is 0 Å². The fourth-order valence-corrected chi connectivity index (χ4v) is 2.93. The van der Waals surface area contributed by atoms with E-state index >= 15 is 0 Å². The second kappa shape index (κ2) is 6.44. The van der Waals surface area contributed by atoms with Gasteiger partial charge in [-0.25, -0.2) is 0 Å². The molecule has 1 aliphatic rings. The van der Waals surface area contributed by atoms with Gasteiger partial charge in [-0.2, -0.15) is 10.2 Å². The van der Waals surface area contributed by atoms with Crippen molar-refractivity contribution in [1.29, 1.82) is 0 Å². The molecule has 0 aliphatic heterocycles. The molecule has 0 radical (unpaired) electrons. The highest BCUT2D eigenvalue weighted by Crippen LogP contribution is 2.25. The van der Waals surface area contributed by atoms with E-state index in [4.69, 9.17) is 4.74 Å². The molecule has 23 heavy (non-hydrogen) atoms. The van der Waals surface area contributed by atoms with Gasteiger partial charge in [0, 0.05) is 17.8 Å². The van der Waals surface area contributed by atoms with Crippen LogP contribution in [-0.2, 0) is 6.54 Å². The first kappa shape index (κ1) is 15.6. The molecule has 2 aromatic rings. The monoisotopic (exact) mass is 317 g/mol. The number of rotatable bonds is 5. The normalized spacial score (nSPS) is 20.7. The summed E-state index contributed by atoms with van der Waals surface area (Å²) in [6, 6.07) is 0.00360. The minimum Gasteiger partial charge on any atom is -0.485 e. The van der Waals surface area contributed by atoms with Crippen molar-refractivity contribution >= 4 is 5.91 Å². The van der Waals surface area contributed by atoms with Crippen LogP contribution in [0.25, 0.3) is 0 Å². The first-order valence-electron chi connectivity index (χ1n) is 8.10. The standard InChI is InChI=1S/C16H23N5O2/c1-4-21-9-12(8-17-21)23-14-7-5-6-13(14)18-16(22)15-10(2)11(3)19-20-15/h8-9,13-14H,4-7H2,1-3H3,(H,18,22)(H,19,20)/t13-,14+/m0/s1. The van der Waals surface area contributed by atoms with Gasteiger partial charge in [0.15, 0.2) is 11.4 Å². The molecule has 0 spiro atoms. The molecule has 7 heteroatoms. The van der Waals surface area contributed by atoms with E-state index in [1.807, 2.05) is 31.6 Å². The fourth-order valence-electron chi connectivity index (χ4n) is 2.93. The minimum absolute atomic E-state index is 0.00360. The van der Waals surface area contributed by atoms with Gasteiger partial charge in [-0.3, -0.25) is 14.6 Å². The Hall–Kier alpha value is -2.31. The van der Waals surface area contributed by atoms with Gasteiger partial charge >= 0.3 is 0 Å². The van der Waals surface area contributed by atoms with E-state index in [-0.39, 0.29) is 18.1 Å². The molecule has 0 bridgehead atoms. The molecule has 2 N–H and O–H groups in total. The van der Waals surface area contributed by atoms with E-state index in [1.54, 1.807) is 6.20 Å². The summed E-state index contributed by atoms with van der Waals surface area (Å²) in [5, 5.41) is 14.2. The van der Waals surface area contributed by atoms with Crippen LogP contribution in [0.5, 0.6) is 5.75 Å². The maximum atomic E-state index is 12.4. The van der Waals surface area contributed by atoms with Crippen LogP contribution in [-0.4, -0.2) is 38.0 Å². The third-order valence-corrected chi connectivity index (χ3v) is 4.46. The molecule has 0 aromatic carbocycles. The predicted octanol–water partition coefficient (Wildman–Crippen LogP) is 1.97. The van der Waals surface area contributed by atoms with Gasteiger partial charge in [-0.15, -0.1) is 0 Å². The summed E-state index contributed by atoms with van der Waals surface area (Å²) in [4.78, 5) is 12.4. The van der Waals surface area contributed by atoms with E-state index in [1.165, 1.54) is 0 Å². The predicted molar refractivity (Wildman–Crippen MR) is 85.5 cm³/mol. The number of hydrogen-bond acceptors (Lipinski definition) is 4. The van der Waals surface area contributed by atoms with Crippen LogP contribution in [0, 0.1) is 13.8 Å². The summed E-state index contributed by atoms with van der Waals surface area (Å²) in [6.45, 7) is 6.65. The summed E-state index contributed by atoms with van der Waals surface area (Å²) >= 11 is 0. The fraction of sp³-hybridized carbons (Fsp3) is 0.562. The lowest BCUT2D eigenvalue weighted by Crippen LogP contribution is -2.42. The van der Waals surface area contributed by atoms with Crippen molar-refractivity contribution < 1.29 is 9.53 Å². The quantitative estimate of drug-likeness (QED) is 0.883. The second-order valence-electron chi connectivity index (χ2n) is 6.02. The third-order valence-electron chi connectivity index (χ3n) is 4.46. The molecule has 0 saturated heterocycles. The number of carbonyl (C=O) groups excluding carboxylic acids is 1. The number of nitrogens with zero attached hydrogens (tertiary/aromatic N) is 3. The van der Waals surface area contributed by atoms with Gasteiger partial charge in [0.25, 0.3) is 5.91 Å². The number of amides is 1. The number of ether oxygens (including phenoxy) is 1. The Labute approximate surface area is 135 Å². The lowest BCUT2D eigenvalue weighted by atomic mass is 10.1. The van der Waals surface area contributed by atoms with Crippen LogP contribution in [0.15, 0.2) is 12.4 Å². The summed E-state index contributed by atoms with van der Waals surface area (Å²) in [6.07, 6.45) is 6.48. The minimum atomic E-state index is -0.142. The van der Waals surface area contributed by atoms with Crippen molar-refractivity contribution in [1.82, 2.24) is 25.3 Å². The molecule has 124 valence electrons. The molecule has 1 fully saturated rings. The van der Waals surface area contributed by atoms with Crippen LogP contribution in [0.1, 0.15) is 47.9 Å². The van der Waals surface area contributed by atoms with E-state index in [2.05, 4.69) is 20.6 Å². The smallest absolute Gasteiger partial charge is 0.272 e. The molecule has 1 saturated carbocycles. The van der Waals surface area contributed by atoms with Gasteiger partial charge in [0.2, 0.25) is 0 Å². The van der Waals surface area contributed by atoms with E-state index in [0.29, 0.717) is 5.69 Å². The first-order valence-corrected chi connectivity index (χ1v) is 8.10. The van der Waals surface area contributed by atoms with E-state index in [0.717, 1.165) is 42.8 Å². The maximum absolute atomic E-state index is 12.4. The van der Waals surface area contributed by atoms with Crippen LogP contribution >= 0.6 is 0 Å². The molecular weight excluding hydrogens is 294 g/mol. The van der Waals surface area contributed by atoms with Crippen molar-refractivity contribution in [3.8, 4) is 5.75 Å². The number of aromatic nitrogens is 4. The summed E-state index contributed by atoms with van der Waals surface area (Å²) in [5.41, 5.74) is 2.27. The second-order valence-corrected chi connectivity index (χ2v) is 6.02. The van der Waals surface area contributed by atoms with Crippen molar-refractivity contribution in [3.05, 3.63) is 29.3 Å². The van der Waals surface area contributed by atoms with Crippen molar-refractivity contribution in [2.24, 2.45) is 0 Å². The Balaban J connectivity index is 1.64. The lowest BCUT2D eigenvalue weighted by Gasteiger charge is -2.21. The highest BCUT2D eigenvalue weighted by atomic mass is 16.5. The number of aryl methyl sites for hydroxylation is 2. The van der Waals surface area contributed by atoms with E-state index in [9.17, 15) is 4.79 Å². The van der Waals surface area contributed by atoms with Crippen LogP contribution < -0.4 is 10.1 Å². The van der Waals surface area contributed by atoms with Crippen molar-refractivity contribution in [2.75, 3.05) is 0 Å². The Bertz CT molecular complexity index is 690. The molecule has 2 atom stereocenters. The zero-order chi connectivity index (χ0) is 16.4. The third kappa shape index (κ3) is 3.23. The highest BCUT2D eigenvalue weighted by molar-refractivity contribution is 5.94. The number of nitrogens with one attached hydrogen (secondary N) is 2. The Morgan fingerprint density at radius 1 is 1.48 bits per heavy atom. The van der Waals surface area contributed by atoms with Gasteiger partial charge < -0.3 is 10.1 Å². The Morgan fingerprint density at radius 2 is 2.30 bits per heavy atom. The average molecular weight is 317 g/mol. The van der Waals surface area contributed by atoms with Crippen LogP contribution in [0.4, 0.5) is 0 Å². The zero-order valence-electron chi connectivity index (χ0n) is 13.8. The molecule has 7 nitrogen and oxygen atoms in total. The Kier molecular flexibility index (Phi) is 4.36. The van der Waals surface area contributed by atoms with Crippen LogP contribution in [0.2, 0.25) is 0 Å². The maximum Gasteiger partial charge on any atom is 0.272 e. The highest BCUT2D eigenvalue weighted by Gasteiger charge is 2.31. The van der Waals surface area contributed by atoms with Crippen LogP contribution in [0.3, 0.4) is 0 Å². The average Bonchev–Trinajstić information content (AvgIpc) is 3.23. The Morgan fingerprint density at radius 3 is 2.96 bits per heavy atom. The first-order chi connectivity index (χ1) is 11.1. The number of hydrogen-bond donors (Lipinski definition) is 2. The molecule has 1 aliphatic carbocycles. The summed E-state index contributed by atoms with van der Waals surface area (Å²) < 4.78 is 7.84. The van der Waals surface area contributed by atoms with Gasteiger partial charge in [-0.05, 0) is 40.0 Å². The van der Waals surface area contributed by atoms with E-state index < -0.39 is 0 Å². The topological polar surface area (TPSA) is 84.8 Å². The summed E-state index contributed by atoms with van der Waals surface area (Å²) in [7, 11) is 0. The molecule has 1 amide bonds. The largest absolute Gasteiger partial charge is 0.485 e. The molecular formula is C16H23N5O2.